The van der Waals surface area contributed by atoms with E-state index in [1.54, 1.807) is 6.92 Å². The molecule has 1 aromatic carbocycles. The normalized spacial score (nSPS) is 12.4. The summed E-state index contributed by atoms with van der Waals surface area (Å²) in [6, 6.07) is 7.40. The van der Waals surface area contributed by atoms with E-state index in [0.717, 1.165) is 23.6 Å². The Morgan fingerprint density at radius 3 is 2.00 bits per heavy atom. The summed E-state index contributed by atoms with van der Waals surface area (Å²) < 4.78 is 26.5. The van der Waals surface area contributed by atoms with Crippen LogP contribution in [0.4, 0.5) is 8.78 Å². The molecule has 0 fully saturated rings. The summed E-state index contributed by atoms with van der Waals surface area (Å²) in [5.41, 5.74) is 2.90. The van der Waals surface area contributed by atoms with Crippen molar-refractivity contribution < 1.29 is 8.78 Å². The number of halogens is 2. The summed E-state index contributed by atoms with van der Waals surface area (Å²) in [6.07, 6.45) is 0.201. The summed E-state index contributed by atoms with van der Waals surface area (Å²) in [7, 11) is 0. The fourth-order valence-corrected chi connectivity index (χ4v) is 1.66. The summed E-state index contributed by atoms with van der Waals surface area (Å²) in [4.78, 5) is 3.96. The van der Waals surface area contributed by atoms with Gasteiger partial charge in [-0.05, 0) is 24.5 Å². The van der Waals surface area contributed by atoms with Gasteiger partial charge in [-0.2, -0.15) is 0 Å². The van der Waals surface area contributed by atoms with Gasteiger partial charge in [0.25, 0.3) is 5.92 Å². The SMILES string of the molecule is C=C(C)c1ccc(C(=C)N=C(CC)C(C)(F)F)cc1. The van der Waals surface area contributed by atoms with Crippen LogP contribution >= 0.6 is 0 Å². The lowest BCUT2D eigenvalue weighted by Crippen LogP contribution is -2.23. The highest BCUT2D eigenvalue weighted by atomic mass is 19.3. The molecule has 0 amide bonds. The van der Waals surface area contributed by atoms with E-state index in [0.29, 0.717) is 5.70 Å². The van der Waals surface area contributed by atoms with E-state index >= 15 is 0 Å². The molecule has 0 atom stereocenters. The van der Waals surface area contributed by atoms with Crippen LogP contribution < -0.4 is 0 Å². The van der Waals surface area contributed by atoms with Crippen molar-refractivity contribution in [2.24, 2.45) is 4.99 Å². The van der Waals surface area contributed by atoms with Gasteiger partial charge < -0.3 is 0 Å². The molecule has 0 unspecified atom stereocenters. The molecule has 0 aliphatic rings. The smallest absolute Gasteiger partial charge is 0.252 e. The van der Waals surface area contributed by atoms with Gasteiger partial charge in [0, 0.05) is 6.92 Å². The largest absolute Gasteiger partial charge is 0.283 e. The van der Waals surface area contributed by atoms with Crippen LogP contribution in [0.3, 0.4) is 0 Å². The van der Waals surface area contributed by atoms with Crippen molar-refractivity contribution in [3.05, 3.63) is 48.6 Å². The first-order chi connectivity index (χ1) is 8.75. The number of rotatable bonds is 5. The van der Waals surface area contributed by atoms with Gasteiger partial charge in [-0.25, -0.2) is 8.78 Å². The molecule has 19 heavy (non-hydrogen) atoms. The third-order valence-corrected chi connectivity index (χ3v) is 2.82. The summed E-state index contributed by atoms with van der Waals surface area (Å²) in [6.45, 7) is 12.0. The maximum absolute atomic E-state index is 13.2. The Labute approximate surface area is 113 Å². The number of hydrogen-bond acceptors (Lipinski definition) is 1. The Morgan fingerprint density at radius 1 is 1.16 bits per heavy atom. The van der Waals surface area contributed by atoms with Crippen LogP contribution in [0.1, 0.15) is 38.3 Å². The first kappa shape index (κ1) is 15.3. The van der Waals surface area contributed by atoms with Crippen molar-refractivity contribution in [1.29, 1.82) is 0 Å². The zero-order chi connectivity index (χ0) is 14.6. The molecule has 1 nitrogen and oxygen atoms in total. The molecule has 0 bridgehead atoms. The molecule has 0 aliphatic heterocycles. The van der Waals surface area contributed by atoms with E-state index in [2.05, 4.69) is 18.2 Å². The molecule has 102 valence electrons. The number of alkyl halides is 2. The lowest BCUT2D eigenvalue weighted by molar-refractivity contribution is 0.0984. The molecule has 0 saturated heterocycles. The van der Waals surface area contributed by atoms with Crippen LogP contribution in [-0.4, -0.2) is 11.6 Å². The first-order valence-corrected chi connectivity index (χ1v) is 6.16. The van der Waals surface area contributed by atoms with E-state index < -0.39 is 5.92 Å². The molecule has 1 aromatic rings. The zero-order valence-electron chi connectivity index (χ0n) is 11.6. The van der Waals surface area contributed by atoms with Crippen LogP contribution in [0.5, 0.6) is 0 Å². The number of aliphatic imine (C=N–C) groups is 1. The van der Waals surface area contributed by atoms with Gasteiger partial charge in [-0.15, -0.1) is 0 Å². The molecular weight excluding hydrogens is 244 g/mol. The van der Waals surface area contributed by atoms with E-state index in [1.165, 1.54) is 0 Å². The standard InChI is InChI=1S/C16H19F2N/c1-6-15(16(5,17)18)19-12(4)14-9-7-13(8-10-14)11(2)3/h7-10H,2,4,6H2,1,3,5H3. The average molecular weight is 263 g/mol. The second-order valence-corrected chi connectivity index (χ2v) is 4.60. The van der Waals surface area contributed by atoms with Crippen LogP contribution in [-0.2, 0) is 0 Å². The molecule has 0 aliphatic carbocycles. The molecule has 0 aromatic heterocycles. The maximum Gasteiger partial charge on any atom is 0.283 e. The Bertz CT molecular complexity index is 505. The van der Waals surface area contributed by atoms with Crippen molar-refractivity contribution in [3.8, 4) is 0 Å². The Balaban J connectivity index is 3.01. The molecule has 0 N–H and O–H groups in total. The molecule has 0 heterocycles. The number of allylic oxidation sites excluding steroid dienone is 1. The van der Waals surface area contributed by atoms with Crippen LogP contribution in [0.2, 0.25) is 0 Å². The van der Waals surface area contributed by atoms with Crippen molar-refractivity contribution in [2.75, 3.05) is 0 Å². The van der Waals surface area contributed by atoms with Gasteiger partial charge in [0.1, 0.15) is 0 Å². The third-order valence-electron chi connectivity index (χ3n) is 2.82. The van der Waals surface area contributed by atoms with Gasteiger partial charge in [0.05, 0.1) is 11.4 Å². The summed E-state index contributed by atoms with van der Waals surface area (Å²) in [5, 5.41) is 0. The molecule has 1 rings (SSSR count). The van der Waals surface area contributed by atoms with E-state index in [9.17, 15) is 8.78 Å². The Hall–Kier alpha value is -1.77. The predicted molar refractivity (Wildman–Crippen MR) is 78.5 cm³/mol. The average Bonchev–Trinajstić information content (AvgIpc) is 2.34. The fourth-order valence-electron chi connectivity index (χ4n) is 1.66. The van der Waals surface area contributed by atoms with Crippen LogP contribution in [0.15, 0.2) is 42.4 Å². The minimum atomic E-state index is -2.91. The zero-order valence-corrected chi connectivity index (χ0v) is 11.6. The minimum Gasteiger partial charge on any atom is -0.252 e. The first-order valence-electron chi connectivity index (χ1n) is 6.16. The van der Waals surface area contributed by atoms with Crippen LogP contribution in [0.25, 0.3) is 11.3 Å². The lowest BCUT2D eigenvalue weighted by Gasteiger charge is -2.13. The van der Waals surface area contributed by atoms with E-state index in [-0.39, 0.29) is 12.1 Å². The van der Waals surface area contributed by atoms with Gasteiger partial charge in [0.15, 0.2) is 0 Å². The Kier molecular flexibility index (Phi) is 4.76. The monoisotopic (exact) mass is 263 g/mol. The molecule has 0 spiro atoms. The predicted octanol–water partition coefficient (Wildman–Crippen LogP) is 5.20. The van der Waals surface area contributed by atoms with Crippen molar-refractivity contribution in [1.82, 2.24) is 0 Å². The number of benzene rings is 1. The third kappa shape index (κ3) is 4.12. The van der Waals surface area contributed by atoms with Crippen LogP contribution in [0, 0.1) is 0 Å². The minimum absolute atomic E-state index is 0.151. The highest BCUT2D eigenvalue weighted by molar-refractivity contribution is 5.94. The highest BCUT2D eigenvalue weighted by Crippen LogP contribution is 2.22. The van der Waals surface area contributed by atoms with E-state index in [4.69, 9.17) is 0 Å². The summed E-state index contributed by atoms with van der Waals surface area (Å²) in [5.74, 6) is -2.91. The van der Waals surface area contributed by atoms with Gasteiger partial charge >= 0.3 is 0 Å². The van der Waals surface area contributed by atoms with Gasteiger partial charge in [0.2, 0.25) is 0 Å². The lowest BCUT2D eigenvalue weighted by atomic mass is 10.1. The molecule has 0 saturated carbocycles. The number of nitrogens with zero attached hydrogens (tertiary/aromatic N) is 1. The van der Waals surface area contributed by atoms with Gasteiger partial charge in [-0.1, -0.05) is 49.9 Å². The second-order valence-electron chi connectivity index (χ2n) is 4.60. The van der Waals surface area contributed by atoms with Crippen molar-refractivity contribution in [3.63, 3.8) is 0 Å². The van der Waals surface area contributed by atoms with Gasteiger partial charge in [-0.3, -0.25) is 4.99 Å². The quantitative estimate of drug-likeness (QED) is 0.648. The molecule has 3 heteroatoms. The number of hydrogen-bond donors (Lipinski definition) is 0. The molecule has 0 radical (unpaired) electrons. The topological polar surface area (TPSA) is 12.4 Å². The fraction of sp³-hybridized carbons (Fsp3) is 0.312. The molecular formula is C16H19F2N. The second kappa shape index (κ2) is 5.91. The van der Waals surface area contributed by atoms with E-state index in [1.807, 2.05) is 31.2 Å². The Morgan fingerprint density at radius 2 is 1.63 bits per heavy atom. The van der Waals surface area contributed by atoms with Crippen molar-refractivity contribution >= 4 is 17.0 Å². The summed E-state index contributed by atoms with van der Waals surface area (Å²) >= 11 is 0. The maximum atomic E-state index is 13.2. The highest BCUT2D eigenvalue weighted by Gasteiger charge is 2.27. The van der Waals surface area contributed by atoms with Crippen molar-refractivity contribution in [2.45, 2.75) is 33.1 Å².